The van der Waals surface area contributed by atoms with Crippen molar-refractivity contribution in [3.05, 3.63) is 108 Å². The highest BCUT2D eigenvalue weighted by molar-refractivity contribution is 5.85. The molecular formula is C34H39N. The van der Waals surface area contributed by atoms with Gasteiger partial charge in [0, 0.05) is 11.4 Å². The molecule has 0 fully saturated rings. The molecular weight excluding hydrogens is 422 g/mol. The molecule has 1 nitrogen and oxygen atoms in total. The van der Waals surface area contributed by atoms with Gasteiger partial charge in [-0.25, -0.2) is 0 Å². The van der Waals surface area contributed by atoms with E-state index < -0.39 is 0 Å². The van der Waals surface area contributed by atoms with Gasteiger partial charge in [0.25, 0.3) is 0 Å². The first-order valence-corrected chi connectivity index (χ1v) is 12.7. The van der Waals surface area contributed by atoms with Crippen molar-refractivity contribution in [3.8, 4) is 22.3 Å². The number of benzene rings is 4. The second-order valence-electron chi connectivity index (χ2n) is 11.8. The van der Waals surface area contributed by atoms with E-state index in [1.54, 1.807) is 0 Å². The van der Waals surface area contributed by atoms with Gasteiger partial charge in [0.05, 0.1) is 0 Å². The maximum Gasteiger partial charge on any atom is 0.0414 e. The van der Waals surface area contributed by atoms with E-state index in [0.717, 1.165) is 17.8 Å². The van der Waals surface area contributed by atoms with Gasteiger partial charge in [-0.2, -0.15) is 0 Å². The molecule has 0 aliphatic rings. The Hall–Kier alpha value is -3.32. The second kappa shape index (κ2) is 9.74. The summed E-state index contributed by atoms with van der Waals surface area (Å²) >= 11 is 0. The van der Waals surface area contributed by atoms with Crippen LogP contribution >= 0.6 is 0 Å². The summed E-state index contributed by atoms with van der Waals surface area (Å²) in [5, 5.41) is 3.62. The Labute approximate surface area is 212 Å². The summed E-state index contributed by atoms with van der Waals surface area (Å²) in [5.41, 5.74) is 11.6. The summed E-state index contributed by atoms with van der Waals surface area (Å²) in [6, 6.07) is 33.2. The topological polar surface area (TPSA) is 12.0 Å². The summed E-state index contributed by atoms with van der Waals surface area (Å²) in [6.07, 6.45) is 1.14. The van der Waals surface area contributed by atoms with Crippen LogP contribution in [0.1, 0.15) is 57.7 Å². The summed E-state index contributed by atoms with van der Waals surface area (Å²) in [4.78, 5) is 0. The van der Waals surface area contributed by atoms with Crippen LogP contribution in [0, 0.1) is 19.3 Å². The minimum atomic E-state index is 0.110. The predicted octanol–water partition coefficient (Wildman–Crippen LogP) is 10.1. The standard InChI is InChI=1S/C34H39N/c1-24-18-19-32(25(2)20-24)35-29-15-11-13-27(22-29)31-17-9-8-16-30(31)26-12-10-14-28(21-26)34(6,7)23-33(3,4)5/h8-22,35H,23H2,1-7H3. The van der Waals surface area contributed by atoms with Crippen LogP contribution in [0.5, 0.6) is 0 Å². The SMILES string of the molecule is Cc1ccc(Nc2cccc(-c3ccccc3-c3cccc(C(C)(C)CC(C)(C)C)c3)c2)c(C)c1. The molecule has 0 heterocycles. The number of nitrogens with one attached hydrogen (secondary N) is 1. The van der Waals surface area contributed by atoms with Gasteiger partial charge in [0.15, 0.2) is 0 Å². The monoisotopic (exact) mass is 461 g/mol. The summed E-state index contributed by atoms with van der Waals surface area (Å²) < 4.78 is 0. The molecule has 0 aromatic heterocycles. The number of hydrogen-bond acceptors (Lipinski definition) is 1. The third-order valence-corrected chi connectivity index (χ3v) is 6.69. The van der Waals surface area contributed by atoms with E-state index in [1.807, 2.05) is 0 Å². The lowest BCUT2D eigenvalue weighted by atomic mass is 9.72. The molecule has 0 bridgehead atoms. The van der Waals surface area contributed by atoms with Gasteiger partial charge >= 0.3 is 0 Å². The molecule has 1 heteroatoms. The molecule has 0 saturated carbocycles. The van der Waals surface area contributed by atoms with Gasteiger partial charge in [-0.3, -0.25) is 0 Å². The van der Waals surface area contributed by atoms with Crippen LogP contribution in [0.3, 0.4) is 0 Å². The highest BCUT2D eigenvalue weighted by Gasteiger charge is 2.27. The molecule has 0 atom stereocenters. The van der Waals surface area contributed by atoms with Gasteiger partial charge in [-0.1, -0.05) is 113 Å². The molecule has 0 spiro atoms. The molecule has 4 aromatic rings. The minimum absolute atomic E-state index is 0.110. The normalized spacial score (nSPS) is 12.0. The quantitative estimate of drug-likeness (QED) is 0.301. The first kappa shape index (κ1) is 24.8. The third kappa shape index (κ3) is 6.03. The first-order chi connectivity index (χ1) is 16.5. The van der Waals surface area contributed by atoms with Crippen LogP contribution in [-0.4, -0.2) is 0 Å². The van der Waals surface area contributed by atoms with Crippen LogP contribution in [-0.2, 0) is 5.41 Å². The maximum absolute atomic E-state index is 3.62. The summed E-state index contributed by atoms with van der Waals surface area (Å²) in [6.45, 7) is 16.0. The lowest BCUT2D eigenvalue weighted by molar-refractivity contribution is 0.284. The van der Waals surface area contributed by atoms with E-state index in [9.17, 15) is 0 Å². The smallest absolute Gasteiger partial charge is 0.0414 e. The number of anilines is 2. The highest BCUT2D eigenvalue weighted by atomic mass is 14.9. The average Bonchev–Trinajstić information content (AvgIpc) is 2.80. The zero-order valence-electron chi connectivity index (χ0n) is 22.4. The molecule has 180 valence electrons. The van der Waals surface area contributed by atoms with Crippen molar-refractivity contribution in [1.82, 2.24) is 0 Å². The van der Waals surface area contributed by atoms with Gasteiger partial charge in [0.2, 0.25) is 0 Å². The fourth-order valence-corrected chi connectivity index (χ4v) is 5.40. The fourth-order valence-electron chi connectivity index (χ4n) is 5.40. The third-order valence-electron chi connectivity index (χ3n) is 6.69. The Morgan fingerprint density at radius 1 is 0.629 bits per heavy atom. The lowest BCUT2D eigenvalue weighted by Crippen LogP contribution is -2.24. The Balaban J connectivity index is 1.70. The van der Waals surface area contributed by atoms with Crippen LogP contribution in [0.25, 0.3) is 22.3 Å². The van der Waals surface area contributed by atoms with Crippen LogP contribution in [0.4, 0.5) is 11.4 Å². The van der Waals surface area contributed by atoms with Crippen molar-refractivity contribution in [2.45, 2.75) is 60.3 Å². The zero-order chi connectivity index (χ0) is 25.2. The highest BCUT2D eigenvalue weighted by Crippen LogP contribution is 2.39. The fraction of sp³-hybridized carbons (Fsp3) is 0.294. The van der Waals surface area contributed by atoms with E-state index >= 15 is 0 Å². The molecule has 0 aliphatic heterocycles. The largest absolute Gasteiger partial charge is 0.355 e. The molecule has 35 heavy (non-hydrogen) atoms. The minimum Gasteiger partial charge on any atom is -0.355 e. The van der Waals surface area contributed by atoms with Crippen molar-refractivity contribution in [2.24, 2.45) is 5.41 Å². The molecule has 0 amide bonds. The lowest BCUT2D eigenvalue weighted by Gasteiger charge is -2.33. The number of rotatable bonds is 6. The van der Waals surface area contributed by atoms with E-state index in [4.69, 9.17) is 0 Å². The average molecular weight is 462 g/mol. The van der Waals surface area contributed by atoms with Crippen molar-refractivity contribution in [2.75, 3.05) is 5.32 Å². The predicted molar refractivity (Wildman–Crippen MR) is 154 cm³/mol. The zero-order valence-corrected chi connectivity index (χ0v) is 22.4. The van der Waals surface area contributed by atoms with Crippen molar-refractivity contribution >= 4 is 11.4 Å². The van der Waals surface area contributed by atoms with Gasteiger partial charge in [0.1, 0.15) is 0 Å². The van der Waals surface area contributed by atoms with E-state index in [1.165, 1.54) is 38.9 Å². The first-order valence-electron chi connectivity index (χ1n) is 12.7. The molecule has 1 N–H and O–H groups in total. The van der Waals surface area contributed by atoms with Gasteiger partial charge in [-0.15, -0.1) is 0 Å². The molecule has 0 aliphatic carbocycles. The van der Waals surface area contributed by atoms with Crippen molar-refractivity contribution in [3.63, 3.8) is 0 Å². The number of hydrogen-bond donors (Lipinski definition) is 1. The molecule has 0 radical (unpaired) electrons. The summed E-state index contributed by atoms with van der Waals surface area (Å²) in [7, 11) is 0. The van der Waals surface area contributed by atoms with Crippen LogP contribution in [0.2, 0.25) is 0 Å². The Kier molecular flexibility index (Phi) is 6.90. The van der Waals surface area contributed by atoms with Gasteiger partial charge < -0.3 is 5.32 Å². The molecule has 4 aromatic carbocycles. The van der Waals surface area contributed by atoms with Crippen LogP contribution in [0.15, 0.2) is 91.0 Å². The van der Waals surface area contributed by atoms with E-state index in [-0.39, 0.29) is 10.8 Å². The van der Waals surface area contributed by atoms with Gasteiger partial charge in [-0.05, 0) is 82.7 Å². The molecule has 4 rings (SSSR count). The Bertz CT molecular complexity index is 1320. The Morgan fingerprint density at radius 2 is 1.26 bits per heavy atom. The van der Waals surface area contributed by atoms with Crippen molar-refractivity contribution < 1.29 is 0 Å². The van der Waals surface area contributed by atoms with E-state index in [2.05, 4.69) is 145 Å². The van der Waals surface area contributed by atoms with Crippen LogP contribution < -0.4 is 5.32 Å². The van der Waals surface area contributed by atoms with E-state index in [0.29, 0.717) is 0 Å². The summed E-state index contributed by atoms with van der Waals surface area (Å²) in [5.74, 6) is 0. The maximum atomic E-state index is 3.62. The molecule has 0 unspecified atom stereocenters. The Morgan fingerprint density at radius 3 is 1.89 bits per heavy atom. The second-order valence-corrected chi connectivity index (χ2v) is 11.8. The number of aryl methyl sites for hydroxylation is 2. The van der Waals surface area contributed by atoms with Crippen molar-refractivity contribution in [1.29, 1.82) is 0 Å². The molecule has 0 saturated heterocycles.